The number of nitrogens with zero attached hydrogens (tertiary/aromatic N) is 3. The lowest BCUT2D eigenvalue weighted by atomic mass is 9.97. The number of aromatic nitrogens is 1. The van der Waals surface area contributed by atoms with Crippen molar-refractivity contribution < 1.29 is 0 Å². The first-order valence-electron chi connectivity index (χ1n) is 11.2. The molecule has 0 amide bonds. The van der Waals surface area contributed by atoms with E-state index in [9.17, 15) is 0 Å². The minimum Gasteiger partial charge on any atom is -0.356 e. The zero-order chi connectivity index (χ0) is 21.6. The molecule has 2 heterocycles. The molecular weight excluding hydrogens is 402 g/mol. The Labute approximate surface area is 189 Å². The fraction of sp³-hybridized carbons (Fsp3) is 0.440. The molecule has 1 unspecified atom stereocenters. The van der Waals surface area contributed by atoms with Crippen molar-refractivity contribution >= 4 is 28.1 Å². The van der Waals surface area contributed by atoms with Crippen molar-refractivity contribution in [1.29, 1.82) is 0 Å². The summed E-state index contributed by atoms with van der Waals surface area (Å²) in [5.74, 6) is 1.56. The third-order valence-electron chi connectivity index (χ3n) is 6.17. The molecule has 0 saturated carbocycles. The van der Waals surface area contributed by atoms with Gasteiger partial charge < -0.3 is 10.6 Å². The smallest absolute Gasteiger partial charge is 0.191 e. The Kier molecular flexibility index (Phi) is 7.20. The standard InChI is InChI=1S/C25H33N5S/c1-18(22-9-8-21-6-4-5-7-23(21)14-22)28-25(26-3)27-15-20-10-12-30(13-11-20)16-24-17-31-19(2)29-24/h4-9,14,17-18,20H,10-13,15-16H2,1-3H3,(H2,26,27,28). The summed E-state index contributed by atoms with van der Waals surface area (Å²) >= 11 is 1.74. The molecule has 3 aromatic rings. The number of thiazole rings is 1. The maximum atomic E-state index is 4.60. The fourth-order valence-corrected chi connectivity index (χ4v) is 4.86. The maximum absolute atomic E-state index is 4.60. The molecule has 1 saturated heterocycles. The molecular formula is C25H33N5S. The van der Waals surface area contributed by atoms with E-state index in [0.29, 0.717) is 5.92 Å². The highest BCUT2D eigenvalue weighted by molar-refractivity contribution is 7.09. The van der Waals surface area contributed by atoms with E-state index >= 15 is 0 Å². The molecule has 2 aromatic carbocycles. The number of hydrogen-bond donors (Lipinski definition) is 2. The van der Waals surface area contributed by atoms with Crippen molar-refractivity contribution in [2.75, 3.05) is 26.7 Å². The maximum Gasteiger partial charge on any atom is 0.191 e. The molecule has 5 nitrogen and oxygen atoms in total. The summed E-state index contributed by atoms with van der Waals surface area (Å²) in [5.41, 5.74) is 2.48. The Hall–Kier alpha value is -2.44. The largest absolute Gasteiger partial charge is 0.356 e. The van der Waals surface area contributed by atoms with Crippen LogP contribution in [0, 0.1) is 12.8 Å². The predicted molar refractivity (Wildman–Crippen MR) is 132 cm³/mol. The second-order valence-corrected chi connectivity index (χ2v) is 9.57. The van der Waals surface area contributed by atoms with Gasteiger partial charge in [0.2, 0.25) is 0 Å². The topological polar surface area (TPSA) is 52.6 Å². The highest BCUT2D eigenvalue weighted by atomic mass is 32.1. The van der Waals surface area contributed by atoms with E-state index in [1.807, 2.05) is 7.05 Å². The molecule has 164 valence electrons. The molecule has 0 radical (unpaired) electrons. The Balaban J connectivity index is 1.24. The second-order valence-electron chi connectivity index (χ2n) is 8.50. The second kappa shape index (κ2) is 10.2. The van der Waals surface area contributed by atoms with Crippen LogP contribution in [0.15, 0.2) is 52.8 Å². The van der Waals surface area contributed by atoms with Crippen molar-refractivity contribution in [3.8, 4) is 0 Å². The molecule has 0 spiro atoms. The van der Waals surface area contributed by atoms with Crippen LogP contribution in [0.3, 0.4) is 0 Å². The van der Waals surface area contributed by atoms with Gasteiger partial charge >= 0.3 is 0 Å². The van der Waals surface area contributed by atoms with Gasteiger partial charge in [-0.15, -0.1) is 11.3 Å². The Morgan fingerprint density at radius 3 is 2.68 bits per heavy atom. The molecule has 0 aliphatic carbocycles. The van der Waals surface area contributed by atoms with E-state index in [4.69, 9.17) is 0 Å². The van der Waals surface area contributed by atoms with Crippen LogP contribution in [-0.2, 0) is 6.54 Å². The van der Waals surface area contributed by atoms with Gasteiger partial charge in [0.15, 0.2) is 5.96 Å². The van der Waals surface area contributed by atoms with E-state index in [0.717, 1.165) is 37.1 Å². The van der Waals surface area contributed by atoms with Crippen LogP contribution >= 0.6 is 11.3 Å². The fourth-order valence-electron chi connectivity index (χ4n) is 4.26. The lowest BCUT2D eigenvalue weighted by molar-refractivity contribution is 0.176. The van der Waals surface area contributed by atoms with Gasteiger partial charge in [0, 0.05) is 25.5 Å². The van der Waals surface area contributed by atoms with Crippen molar-refractivity contribution in [2.45, 2.75) is 39.3 Å². The van der Waals surface area contributed by atoms with Crippen LogP contribution in [0.5, 0.6) is 0 Å². The zero-order valence-electron chi connectivity index (χ0n) is 18.8. The lowest BCUT2D eigenvalue weighted by Gasteiger charge is -2.32. The molecule has 31 heavy (non-hydrogen) atoms. The van der Waals surface area contributed by atoms with Crippen LogP contribution < -0.4 is 10.6 Å². The SMILES string of the molecule is CN=C(NCC1CCN(Cc2csc(C)n2)CC1)NC(C)c1ccc2ccccc2c1. The van der Waals surface area contributed by atoms with Gasteiger partial charge in [-0.1, -0.05) is 36.4 Å². The Bertz CT molecular complexity index is 1020. The number of nitrogens with one attached hydrogen (secondary N) is 2. The molecule has 2 N–H and O–H groups in total. The van der Waals surface area contributed by atoms with Crippen LogP contribution in [0.4, 0.5) is 0 Å². The van der Waals surface area contributed by atoms with Gasteiger partial charge in [-0.05, 0) is 68.1 Å². The number of piperidine rings is 1. The monoisotopic (exact) mass is 435 g/mol. The van der Waals surface area contributed by atoms with E-state index < -0.39 is 0 Å². The number of guanidine groups is 1. The van der Waals surface area contributed by atoms with E-state index in [-0.39, 0.29) is 6.04 Å². The number of aryl methyl sites for hydroxylation is 1. The summed E-state index contributed by atoms with van der Waals surface area (Å²) in [5, 5.41) is 13.0. The normalized spacial score (nSPS) is 17.1. The molecule has 1 aliphatic heterocycles. The lowest BCUT2D eigenvalue weighted by Crippen LogP contribution is -2.43. The summed E-state index contributed by atoms with van der Waals surface area (Å²) in [6.45, 7) is 8.50. The number of aliphatic imine (C=N–C) groups is 1. The number of benzene rings is 2. The highest BCUT2D eigenvalue weighted by Crippen LogP contribution is 2.21. The predicted octanol–water partition coefficient (Wildman–Crippen LogP) is 4.74. The molecule has 0 bridgehead atoms. The van der Waals surface area contributed by atoms with Crippen molar-refractivity contribution in [2.24, 2.45) is 10.9 Å². The van der Waals surface area contributed by atoms with Gasteiger partial charge in [0.1, 0.15) is 0 Å². The minimum absolute atomic E-state index is 0.194. The average Bonchev–Trinajstić information content (AvgIpc) is 3.21. The van der Waals surface area contributed by atoms with Gasteiger partial charge in [-0.25, -0.2) is 4.98 Å². The summed E-state index contributed by atoms with van der Waals surface area (Å²) < 4.78 is 0. The van der Waals surface area contributed by atoms with Crippen molar-refractivity contribution in [1.82, 2.24) is 20.5 Å². The molecule has 1 fully saturated rings. The molecule has 1 atom stereocenters. The summed E-state index contributed by atoms with van der Waals surface area (Å²) in [7, 11) is 1.85. The first-order valence-corrected chi connectivity index (χ1v) is 12.1. The van der Waals surface area contributed by atoms with Crippen molar-refractivity contribution in [3.05, 3.63) is 64.1 Å². The molecule has 1 aromatic heterocycles. The Morgan fingerprint density at radius 1 is 1.19 bits per heavy atom. The van der Waals surface area contributed by atoms with E-state index in [1.54, 1.807) is 11.3 Å². The first kappa shape index (κ1) is 21.8. The van der Waals surface area contributed by atoms with Gasteiger partial charge in [0.05, 0.1) is 16.7 Å². The van der Waals surface area contributed by atoms with Gasteiger partial charge in [-0.3, -0.25) is 9.89 Å². The summed E-state index contributed by atoms with van der Waals surface area (Å²) in [4.78, 5) is 11.6. The third-order valence-corrected chi connectivity index (χ3v) is 6.99. The first-order chi connectivity index (χ1) is 15.1. The number of fused-ring (bicyclic) bond motifs is 1. The zero-order valence-corrected chi connectivity index (χ0v) is 19.6. The average molecular weight is 436 g/mol. The molecule has 4 rings (SSSR count). The van der Waals surface area contributed by atoms with Crippen LogP contribution in [0.2, 0.25) is 0 Å². The number of likely N-dealkylation sites (tertiary alicyclic amines) is 1. The highest BCUT2D eigenvalue weighted by Gasteiger charge is 2.20. The van der Waals surface area contributed by atoms with E-state index in [1.165, 1.54) is 34.9 Å². The van der Waals surface area contributed by atoms with Crippen LogP contribution in [0.25, 0.3) is 10.8 Å². The summed E-state index contributed by atoms with van der Waals surface area (Å²) in [6, 6.07) is 15.3. The number of rotatable bonds is 6. The van der Waals surface area contributed by atoms with Crippen molar-refractivity contribution in [3.63, 3.8) is 0 Å². The molecule has 6 heteroatoms. The van der Waals surface area contributed by atoms with Crippen LogP contribution in [0.1, 0.15) is 42.1 Å². The minimum atomic E-state index is 0.194. The summed E-state index contributed by atoms with van der Waals surface area (Å²) in [6.07, 6.45) is 2.43. The quantitative estimate of drug-likeness (QED) is 0.434. The Morgan fingerprint density at radius 2 is 1.97 bits per heavy atom. The van der Waals surface area contributed by atoms with Gasteiger partial charge in [0.25, 0.3) is 0 Å². The van der Waals surface area contributed by atoms with Gasteiger partial charge in [-0.2, -0.15) is 0 Å². The third kappa shape index (κ3) is 5.83. The van der Waals surface area contributed by atoms with Crippen LogP contribution in [-0.4, -0.2) is 42.5 Å². The molecule has 1 aliphatic rings. The van der Waals surface area contributed by atoms with E-state index in [2.05, 4.69) is 87.2 Å². The number of hydrogen-bond acceptors (Lipinski definition) is 4.